The molecule has 8 heteroatoms. The topological polar surface area (TPSA) is 75.7 Å². The fourth-order valence-corrected chi connectivity index (χ4v) is 3.46. The molecule has 0 aliphatic rings. The van der Waals surface area contributed by atoms with Crippen LogP contribution in [-0.2, 0) is 14.8 Å². The minimum atomic E-state index is -3.80. The molecular weight excluding hydrogens is 359 g/mol. The third-order valence-electron chi connectivity index (χ3n) is 3.88. The van der Waals surface area contributed by atoms with Gasteiger partial charge in [0, 0.05) is 7.05 Å². The van der Waals surface area contributed by atoms with Crippen molar-refractivity contribution in [2.24, 2.45) is 0 Å². The van der Waals surface area contributed by atoms with Crippen LogP contribution < -0.4 is 10.1 Å². The molecule has 0 unspecified atom stereocenters. The van der Waals surface area contributed by atoms with E-state index in [9.17, 15) is 17.6 Å². The summed E-state index contributed by atoms with van der Waals surface area (Å²) in [7, 11) is -0.974. The number of carbonyl (C=O) groups is 1. The number of nitrogens with zero attached hydrogens (tertiary/aromatic N) is 1. The number of rotatable bonds is 7. The van der Waals surface area contributed by atoms with Crippen LogP contribution >= 0.6 is 0 Å². The van der Waals surface area contributed by atoms with E-state index in [2.05, 4.69) is 5.32 Å². The molecule has 0 fully saturated rings. The number of sulfonamides is 1. The van der Waals surface area contributed by atoms with Gasteiger partial charge in [-0.05, 0) is 48.9 Å². The van der Waals surface area contributed by atoms with Crippen molar-refractivity contribution in [3.8, 4) is 5.75 Å². The Morgan fingerprint density at radius 3 is 2.27 bits per heavy atom. The van der Waals surface area contributed by atoms with Gasteiger partial charge >= 0.3 is 0 Å². The Morgan fingerprint density at radius 2 is 1.73 bits per heavy atom. The monoisotopic (exact) mass is 380 g/mol. The van der Waals surface area contributed by atoms with Gasteiger partial charge in [0.2, 0.25) is 15.9 Å². The molecule has 2 rings (SSSR count). The van der Waals surface area contributed by atoms with Crippen LogP contribution in [0, 0.1) is 5.82 Å². The maximum atomic E-state index is 13.0. The largest absolute Gasteiger partial charge is 0.497 e. The van der Waals surface area contributed by atoms with E-state index in [4.69, 9.17) is 4.74 Å². The first kappa shape index (κ1) is 19.9. The Labute approximate surface area is 152 Å². The first-order valence-electron chi connectivity index (χ1n) is 7.89. The van der Waals surface area contributed by atoms with Gasteiger partial charge in [0.15, 0.2) is 0 Å². The Morgan fingerprint density at radius 1 is 1.15 bits per heavy atom. The maximum absolute atomic E-state index is 13.0. The van der Waals surface area contributed by atoms with E-state index in [-0.39, 0.29) is 23.3 Å². The van der Waals surface area contributed by atoms with E-state index in [1.54, 1.807) is 19.1 Å². The summed E-state index contributed by atoms with van der Waals surface area (Å²) in [6, 6.07) is 11.3. The number of hydrogen-bond acceptors (Lipinski definition) is 4. The molecule has 0 aromatic heterocycles. The van der Waals surface area contributed by atoms with Crippen molar-refractivity contribution in [2.75, 3.05) is 20.7 Å². The smallest absolute Gasteiger partial charge is 0.243 e. The first-order chi connectivity index (χ1) is 12.2. The number of hydrogen-bond donors (Lipinski definition) is 1. The molecule has 0 bridgehead atoms. The van der Waals surface area contributed by atoms with Crippen molar-refractivity contribution in [1.29, 1.82) is 0 Å². The standard InChI is InChI=1S/C18H21FN2O4S/c1-13(14-4-6-15(19)7-5-14)20-18(22)12-21(2)26(23,24)17-10-8-16(25-3)9-11-17/h4-11,13H,12H2,1-3H3,(H,20,22)/t13-/m1/s1. The molecule has 0 saturated heterocycles. The predicted octanol–water partition coefficient (Wildman–Crippen LogP) is 2.33. The van der Waals surface area contributed by atoms with Gasteiger partial charge in [-0.3, -0.25) is 4.79 Å². The van der Waals surface area contributed by atoms with Gasteiger partial charge < -0.3 is 10.1 Å². The van der Waals surface area contributed by atoms with Gasteiger partial charge in [0.05, 0.1) is 24.6 Å². The predicted molar refractivity (Wildman–Crippen MR) is 95.8 cm³/mol. The molecule has 0 radical (unpaired) electrons. The SMILES string of the molecule is COc1ccc(S(=O)(=O)N(C)CC(=O)N[C@H](C)c2ccc(F)cc2)cc1. The molecule has 0 saturated carbocycles. The van der Waals surface area contributed by atoms with Crippen LogP contribution in [0.5, 0.6) is 5.75 Å². The molecule has 0 aliphatic heterocycles. The minimum absolute atomic E-state index is 0.0696. The van der Waals surface area contributed by atoms with Crippen LogP contribution in [0.25, 0.3) is 0 Å². The molecule has 0 aliphatic carbocycles. The molecule has 2 aromatic carbocycles. The lowest BCUT2D eigenvalue weighted by Gasteiger charge is -2.19. The molecule has 1 atom stereocenters. The molecule has 140 valence electrons. The average Bonchev–Trinajstić information content (AvgIpc) is 2.62. The quantitative estimate of drug-likeness (QED) is 0.800. The van der Waals surface area contributed by atoms with Crippen molar-refractivity contribution in [3.05, 3.63) is 59.9 Å². The summed E-state index contributed by atoms with van der Waals surface area (Å²) in [5.41, 5.74) is 0.723. The highest BCUT2D eigenvalue weighted by Crippen LogP contribution is 2.18. The van der Waals surface area contributed by atoms with Gasteiger partial charge in [-0.1, -0.05) is 12.1 Å². The van der Waals surface area contributed by atoms with E-state index < -0.39 is 15.9 Å². The number of benzene rings is 2. The van der Waals surface area contributed by atoms with E-state index in [1.165, 1.54) is 50.6 Å². The number of methoxy groups -OCH3 is 1. The van der Waals surface area contributed by atoms with Crippen LogP contribution in [0.4, 0.5) is 4.39 Å². The summed E-state index contributed by atoms with van der Waals surface area (Å²) in [5, 5.41) is 2.70. The summed E-state index contributed by atoms with van der Waals surface area (Å²) < 4.78 is 44.0. The first-order valence-corrected chi connectivity index (χ1v) is 9.33. The van der Waals surface area contributed by atoms with Crippen LogP contribution in [-0.4, -0.2) is 39.3 Å². The van der Waals surface area contributed by atoms with Gasteiger partial charge in [0.1, 0.15) is 11.6 Å². The Bertz CT molecular complexity index is 852. The summed E-state index contributed by atoms with van der Waals surface area (Å²) >= 11 is 0. The Hall–Kier alpha value is -2.45. The molecule has 2 aromatic rings. The highest BCUT2D eigenvalue weighted by Gasteiger charge is 2.23. The molecule has 0 spiro atoms. The highest BCUT2D eigenvalue weighted by atomic mass is 32.2. The minimum Gasteiger partial charge on any atom is -0.497 e. The lowest BCUT2D eigenvalue weighted by Crippen LogP contribution is -2.39. The number of carbonyl (C=O) groups excluding carboxylic acids is 1. The normalized spacial score (nSPS) is 12.7. The second-order valence-corrected chi connectivity index (χ2v) is 7.82. The second-order valence-electron chi connectivity index (χ2n) is 5.78. The number of likely N-dealkylation sites (N-methyl/N-ethyl adjacent to an activating group) is 1. The number of ether oxygens (including phenoxy) is 1. The lowest BCUT2D eigenvalue weighted by molar-refractivity contribution is -0.121. The van der Waals surface area contributed by atoms with Crippen LogP contribution in [0.1, 0.15) is 18.5 Å². The molecule has 1 N–H and O–H groups in total. The fourth-order valence-electron chi connectivity index (χ4n) is 2.34. The van der Waals surface area contributed by atoms with Crippen molar-refractivity contribution in [3.63, 3.8) is 0 Å². The average molecular weight is 380 g/mol. The molecule has 26 heavy (non-hydrogen) atoms. The van der Waals surface area contributed by atoms with Gasteiger partial charge in [-0.2, -0.15) is 4.31 Å². The summed E-state index contributed by atoms with van der Waals surface area (Å²) in [4.78, 5) is 12.2. The molecule has 1 amide bonds. The molecular formula is C18H21FN2O4S. The zero-order valence-electron chi connectivity index (χ0n) is 14.8. The summed E-state index contributed by atoms with van der Waals surface area (Å²) in [5.74, 6) is -0.281. The zero-order valence-corrected chi connectivity index (χ0v) is 15.6. The van der Waals surface area contributed by atoms with Crippen molar-refractivity contribution in [2.45, 2.75) is 17.9 Å². The number of nitrogens with one attached hydrogen (secondary N) is 1. The van der Waals surface area contributed by atoms with Crippen molar-refractivity contribution < 1.29 is 22.3 Å². The maximum Gasteiger partial charge on any atom is 0.243 e. The van der Waals surface area contributed by atoms with Crippen LogP contribution in [0.3, 0.4) is 0 Å². The van der Waals surface area contributed by atoms with Gasteiger partial charge in [0.25, 0.3) is 0 Å². The molecule has 0 heterocycles. The fraction of sp³-hybridized carbons (Fsp3) is 0.278. The number of amides is 1. The molecule has 6 nitrogen and oxygen atoms in total. The van der Waals surface area contributed by atoms with E-state index in [0.717, 1.165) is 9.87 Å². The van der Waals surface area contributed by atoms with E-state index >= 15 is 0 Å². The van der Waals surface area contributed by atoms with Crippen molar-refractivity contribution in [1.82, 2.24) is 9.62 Å². The van der Waals surface area contributed by atoms with E-state index in [0.29, 0.717) is 5.75 Å². The zero-order chi connectivity index (χ0) is 19.3. The Balaban J connectivity index is 2.01. The third kappa shape index (κ3) is 4.80. The summed E-state index contributed by atoms with van der Waals surface area (Å²) in [6.07, 6.45) is 0. The van der Waals surface area contributed by atoms with Gasteiger partial charge in [-0.25, -0.2) is 12.8 Å². The van der Waals surface area contributed by atoms with Gasteiger partial charge in [-0.15, -0.1) is 0 Å². The van der Waals surface area contributed by atoms with Crippen LogP contribution in [0.2, 0.25) is 0 Å². The van der Waals surface area contributed by atoms with Crippen LogP contribution in [0.15, 0.2) is 53.4 Å². The van der Waals surface area contributed by atoms with E-state index in [1.807, 2.05) is 0 Å². The summed E-state index contributed by atoms with van der Waals surface area (Å²) in [6.45, 7) is 1.41. The highest BCUT2D eigenvalue weighted by molar-refractivity contribution is 7.89. The second kappa shape index (κ2) is 8.29. The number of halogens is 1. The third-order valence-corrected chi connectivity index (χ3v) is 5.70. The lowest BCUT2D eigenvalue weighted by atomic mass is 10.1. The van der Waals surface area contributed by atoms with Crippen molar-refractivity contribution >= 4 is 15.9 Å². The Kier molecular flexibility index (Phi) is 6.33.